The molecule has 0 saturated carbocycles. The van der Waals surface area contributed by atoms with Crippen molar-refractivity contribution in [1.29, 1.82) is 0 Å². The Morgan fingerprint density at radius 2 is 1.72 bits per heavy atom. The van der Waals surface area contributed by atoms with Crippen molar-refractivity contribution in [3.63, 3.8) is 0 Å². The molecule has 0 unspecified atom stereocenters. The number of amides is 1. The molecule has 3 aliphatic heterocycles. The van der Waals surface area contributed by atoms with Gasteiger partial charge in [-0.05, 0) is 24.6 Å². The topological polar surface area (TPSA) is 135 Å². The van der Waals surface area contributed by atoms with Crippen LogP contribution in [0.2, 0.25) is 0 Å². The van der Waals surface area contributed by atoms with Crippen molar-refractivity contribution in [2.24, 2.45) is 0 Å². The fourth-order valence-corrected chi connectivity index (χ4v) is 5.17. The zero-order valence-electron chi connectivity index (χ0n) is 21.9. The molecule has 204 valence electrons. The Bertz CT molecular complexity index is 1310. The van der Waals surface area contributed by atoms with E-state index in [4.69, 9.17) is 25.2 Å². The first-order valence-corrected chi connectivity index (χ1v) is 13.4. The third-order valence-corrected chi connectivity index (χ3v) is 7.29. The van der Waals surface area contributed by atoms with E-state index in [1.807, 2.05) is 24.3 Å². The first kappa shape index (κ1) is 25.4. The minimum atomic E-state index is -0.0825. The SMILES string of the molecule is Nc1ncc(-c2nc(N3CCOCC3)nc3c2CCN3c2cccc(C(=O)NCCN3CCOCC3)c2)cn1. The molecule has 0 aliphatic carbocycles. The molecular formula is C27H33N9O3. The molecule has 1 aromatic carbocycles. The van der Waals surface area contributed by atoms with Crippen LogP contribution in [0.5, 0.6) is 0 Å². The Kier molecular flexibility index (Phi) is 7.48. The van der Waals surface area contributed by atoms with Gasteiger partial charge < -0.3 is 30.3 Å². The number of nitrogens with one attached hydrogen (secondary N) is 1. The van der Waals surface area contributed by atoms with E-state index in [0.29, 0.717) is 31.3 Å². The maximum atomic E-state index is 13.0. The van der Waals surface area contributed by atoms with Crippen LogP contribution in [0.15, 0.2) is 36.7 Å². The van der Waals surface area contributed by atoms with Crippen LogP contribution in [0.3, 0.4) is 0 Å². The quantitative estimate of drug-likeness (QED) is 0.454. The van der Waals surface area contributed by atoms with Gasteiger partial charge in [-0.1, -0.05) is 6.07 Å². The smallest absolute Gasteiger partial charge is 0.251 e. The fourth-order valence-electron chi connectivity index (χ4n) is 5.17. The fraction of sp³-hybridized carbons (Fsp3) is 0.444. The van der Waals surface area contributed by atoms with Crippen LogP contribution in [-0.2, 0) is 15.9 Å². The summed E-state index contributed by atoms with van der Waals surface area (Å²) in [6.45, 7) is 8.13. The number of nitrogens with two attached hydrogens (primary N) is 1. The van der Waals surface area contributed by atoms with Crippen molar-refractivity contribution in [2.45, 2.75) is 6.42 Å². The van der Waals surface area contributed by atoms with Crippen LogP contribution in [0.4, 0.5) is 23.4 Å². The summed E-state index contributed by atoms with van der Waals surface area (Å²) in [5.74, 6) is 1.62. The summed E-state index contributed by atoms with van der Waals surface area (Å²) in [5.41, 5.74) is 9.92. The van der Waals surface area contributed by atoms with Crippen molar-refractivity contribution in [3.05, 3.63) is 47.8 Å². The lowest BCUT2D eigenvalue weighted by molar-refractivity contribution is 0.0383. The maximum Gasteiger partial charge on any atom is 0.251 e. The number of hydrogen-bond acceptors (Lipinski definition) is 11. The Labute approximate surface area is 227 Å². The van der Waals surface area contributed by atoms with Gasteiger partial charge in [-0.15, -0.1) is 0 Å². The molecule has 0 atom stereocenters. The summed E-state index contributed by atoms with van der Waals surface area (Å²) in [6.07, 6.45) is 4.17. The zero-order valence-corrected chi connectivity index (χ0v) is 21.9. The normalized spacial score (nSPS) is 17.7. The van der Waals surface area contributed by atoms with Crippen LogP contribution in [0.1, 0.15) is 15.9 Å². The largest absolute Gasteiger partial charge is 0.379 e. The average molecular weight is 532 g/mol. The van der Waals surface area contributed by atoms with E-state index in [9.17, 15) is 4.79 Å². The standard InChI is InChI=1S/C27H33N9O3/c28-26-30-17-20(18-31-26)23-22-4-6-36(24(22)33-27(32-23)35-10-14-39-15-11-35)21-3-1-2-19(16-21)25(37)29-5-7-34-8-12-38-13-9-34/h1-3,16-18H,4-15H2,(H,29,37)(H2,28,30,31). The highest BCUT2D eigenvalue weighted by Gasteiger charge is 2.29. The number of rotatable bonds is 7. The lowest BCUT2D eigenvalue weighted by Gasteiger charge is -2.28. The van der Waals surface area contributed by atoms with Crippen molar-refractivity contribution < 1.29 is 14.3 Å². The molecule has 12 heteroatoms. The van der Waals surface area contributed by atoms with E-state index in [1.165, 1.54) is 0 Å². The summed E-state index contributed by atoms with van der Waals surface area (Å²) >= 11 is 0. The van der Waals surface area contributed by atoms with Gasteiger partial charge in [0.2, 0.25) is 11.9 Å². The molecule has 0 bridgehead atoms. The Morgan fingerprint density at radius 3 is 2.49 bits per heavy atom. The number of nitrogen functional groups attached to an aromatic ring is 1. The number of morpholine rings is 2. The van der Waals surface area contributed by atoms with E-state index in [1.54, 1.807) is 12.4 Å². The molecule has 2 aromatic heterocycles. The van der Waals surface area contributed by atoms with Gasteiger partial charge in [0.15, 0.2) is 0 Å². The summed E-state index contributed by atoms with van der Waals surface area (Å²) in [6, 6.07) is 7.72. The van der Waals surface area contributed by atoms with Crippen LogP contribution >= 0.6 is 0 Å². The molecule has 2 saturated heterocycles. The highest BCUT2D eigenvalue weighted by atomic mass is 16.5. The van der Waals surface area contributed by atoms with Gasteiger partial charge in [0, 0.05) is 80.6 Å². The highest BCUT2D eigenvalue weighted by Crippen LogP contribution is 2.39. The predicted octanol–water partition coefficient (Wildman–Crippen LogP) is 1.11. The minimum Gasteiger partial charge on any atom is -0.379 e. The van der Waals surface area contributed by atoms with Gasteiger partial charge >= 0.3 is 0 Å². The number of ether oxygens (including phenoxy) is 2. The molecule has 3 aromatic rings. The molecule has 6 rings (SSSR count). The first-order chi connectivity index (χ1) is 19.2. The van der Waals surface area contributed by atoms with Crippen molar-refractivity contribution >= 4 is 29.3 Å². The Morgan fingerprint density at radius 1 is 0.974 bits per heavy atom. The lowest BCUT2D eigenvalue weighted by atomic mass is 10.1. The van der Waals surface area contributed by atoms with E-state index in [0.717, 1.165) is 87.2 Å². The third kappa shape index (κ3) is 5.63. The monoisotopic (exact) mass is 531 g/mol. The van der Waals surface area contributed by atoms with Gasteiger partial charge in [0.05, 0.1) is 32.1 Å². The van der Waals surface area contributed by atoms with Crippen LogP contribution in [-0.4, -0.2) is 103 Å². The molecule has 0 radical (unpaired) electrons. The first-order valence-electron chi connectivity index (χ1n) is 13.4. The van der Waals surface area contributed by atoms with Gasteiger partial charge in [-0.2, -0.15) is 4.98 Å². The predicted molar refractivity (Wildman–Crippen MR) is 147 cm³/mol. The molecule has 3 N–H and O–H groups in total. The van der Waals surface area contributed by atoms with E-state index < -0.39 is 0 Å². The number of aromatic nitrogens is 4. The lowest BCUT2D eigenvalue weighted by Crippen LogP contribution is -2.41. The van der Waals surface area contributed by atoms with Crippen molar-refractivity contribution in [3.8, 4) is 11.3 Å². The molecule has 2 fully saturated rings. The van der Waals surface area contributed by atoms with Gasteiger partial charge in [0.25, 0.3) is 5.91 Å². The van der Waals surface area contributed by atoms with Crippen LogP contribution in [0, 0.1) is 0 Å². The molecule has 1 amide bonds. The summed E-state index contributed by atoms with van der Waals surface area (Å²) in [7, 11) is 0. The van der Waals surface area contributed by atoms with Gasteiger partial charge in [0.1, 0.15) is 5.82 Å². The van der Waals surface area contributed by atoms with Crippen molar-refractivity contribution in [2.75, 3.05) is 87.8 Å². The Hall–Kier alpha value is -3.87. The summed E-state index contributed by atoms with van der Waals surface area (Å²) < 4.78 is 10.9. The van der Waals surface area contributed by atoms with Gasteiger partial charge in [-0.3, -0.25) is 9.69 Å². The summed E-state index contributed by atoms with van der Waals surface area (Å²) in [5, 5.41) is 3.06. The van der Waals surface area contributed by atoms with E-state index >= 15 is 0 Å². The minimum absolute atomic E-state index is 0.0825. The number of fused-ring (bicyclic) bond motifs is 1. The van der Waals surface area contributed by atoms with Crippen LogP contribution in [0.25, 0.3) is 11.3 Å². The molecule has 3 aliphatic rings. The molecular weight excluding hydrogens is 498 g/mol. The Balaban J connectivity index is 1.26. The molecule has 39 heavy (non-hydrogen) atoms. The maximum absolute atomic E-state index is 13.0. The number of carbonyl (C=O) groups excluding carboxylic acids is 1. The van der Waals surface area contributed by atoms with E-state index in [-0.39, 0.29) is 11.9 Å². The van der Waals surface area contributed by atoms with Crippen molar-refractivity contribution in [1.82, 2.24) is 30.2 Å². The number of benzene rings is 1. The number of anilines is 4. The van der Waals surface area contributed by atoms with E-state index in [2.05, 4.69) is 30.0 Å². The van der Waals surface area contributed by atoms with Crippen LogP contribution < -0.4 is 20.9 Å². The van der Waals surface area contributed by atoms with Gasteiger partial charge in [-0.25, -0.2) is 15.0 Å². The molecule has 12 nitrogen and oxygen atoms in total. The second-order valence-electron chi connectivity index (χ2n) is 9.77. The molecule has 0 spiro atoms. The molecule has 5 heterocycles. The average Bonchev–Trinajstić information content (AvgIpc) is 3.42. The highest BCUT2D eigenvalue weighted by molar-refractivity contribution is 5.95. The number of nitrogens with zero attached hydrogens (tertiary/aromatic N) is 7. The number of hydrogen-bond donors (Lipinski definition) is 2. The number of carbonyl (C=O) groups is 1. The second-order valence-corrected chi connectivity index (χ2v) is 9.77. The second kappa shape index (κ2) is 11.5. The zero-order chi connectivity index (χ0) is 26.6. The third-order valence-electron chi connectivity index (χ3n) is 7.29. The summed E-state index contributed by atoms with van der Waals surface area (Å²) in [4.78, 5) is 37.9.